The molecule has 2 aromatic carbocycles. The van der Waals surface area contributed by atoms with Gasteiger partial charge in [-0.25, -0.2) is 4.39 Å². The molecule has 1 amide bonds. The first-order valence-corrected chi connectivity index (χ1v) is 7.54. The first kappa shape index (κ1) is 17.7. The van der Waals surface area contributed by atoms with Crippen LogP contribution in [0.4, 0.5) is 10.1 Å². The molecule has 24 heavy (non-hydrogen) atoms. The summed E-state index contributed by atoms with van der Waals surface area (Å²) in [5, 5.41) is 12.7. The molecule has 0 saturated heterocycles. The van der Waals surface area contributed by atoms with Gasteiger partial charge in [-0.1, -0.05) is 24.8 Å². The third-order valence-electron chi connectivity index (χ3n) is 3.22. The molecule has 0 heterocycles. The number of amides is 1. The Hall–Kier alpha value is -2.66. The molecular weight excluding hydrogens is 309 g/mol. The van der Waals surface area contributed by atoms with E-state index in [2.05, 4.69) is 11.9 Å². The lowest BCUT2D eigenvalue weighted by atomic mass is 10.1. The highest BCUT2D eigenvalue weighted by atomic mass is 19.1. The number of rotatable bonds is 7. The maximum absolute atomic E-state index is 13.2. The molecular formula is C19H20FNO3. The summed E-state index contributed by atoms with van der Waals surface area (Å²) >= 11 is 0. The first-order valence-electron chi connectivity index (χ1n) is 7.54. The average molecular weight is 329 g/mol. The molecule has 2 rings (SSSR count). The predicted molar refractivity (Wildman–Crippen MR) is 91.4 cm³/mol. The van der Waals surface area contributed by atoms with Crippen molar-refractivity contribution in [3.8, 4) is 5.75 Å². The molecule has 0 aliphatic rings. The maximum Gasteiger partial charge on any atom is 0.227 e. The number of halogens is 1. The number of benzene rings is 2. The van der Waals surface area contributed by atoms with Gasteiger partial charge in [0.25, 0.3) is 0 Å². The van der Waals surface area contributed by atoms with Gasteiger partial charge in [-0.05, 0) is 42.3 Å². The number of hydrogen-bond acceptors (Lipinski definition) is 3. The Morgan fingerprint density at radius 1 is 1.29 bits per heavy atom. The molecule has 0 spiro atoms. The van der Waals surface area contributed by atoms with Crippen LogP contribution in [0.3, 0.4) is 0 Å². The SMILES string of the molecule is C=C(C)COc1cccc(NC(=O)CC(O)c2cccc(F)c2)c1. The van der Waals surface area contributed by atoms with E-state index in [-0.39, 0.29) is 12.3 Å². The number of anilines is 1. The lowest BCUT2D eigenvalue weighted by Crippen LogP contribution is -2.15. The number of nitrogens with one attached hydrogen (secondary N) is 1. The highest BCUT2D eigenvalue weighted by molar-refractivity contribution is 5.91. The molecule has 0 bridgehead atoms. The van der Waals surface area contributed by atoms with Crippen LogP contribution in [0.1, 0.15) is 25.0 Å². The fraction of sp³-hybridized carbons (Fsp3) is 0.211. The molecule has 4 nitrogen and oxygen atoms in total. The van der Waals surface area contributed by atoms with Crippen LogP contribution in [0.25, 0.3) is 0 Å². The summed E-state index contributed by atoms with van der Waals surface area (Å²) in [7, 11) is 0. The van der Waals surface area contributed by atoms with Crippen molar-refractivity contribution in [3.05, 3.63) is 72.1 Å². The second-order valence-corrected chi connectivity index (χ2v) is 5.60. The minimum atomic E-state index is -1.07. The Balaban J connectivity index is 1.94. The molecule has 0 aromatic heterocycles. The second-order valence-electron chi connectivity index (χ2n) is 5.60. The highest BCUT2D eigenvalue weighted by Crippen LogP contribution is 2.21. The fourth-order valence-corrected chi connectivity index (χ4v) is 2.09. The van der Waals surface area contributed by atoms with Crippen molar-refractivity contribution < 1.29 is 19.0 Å². The van der Waals surface area contributed by atoms with Crippen molar-refractivity contribution in [1.29, 1.82) is 0 Å². The van der Waals surface area contributed by atoms with Gasteiger partial charge in [0.05, 0.1) is 12.5 Å². The molecule has 0 fully saturated rings. The van der Waals surface area contributed by atoms with Crippen LogP contribution >= 0.6 is 0 Å². The van der Waals surface area contributed by atoms with Gasteiger partial charge in [-0.15, -0.1) is 0 Å². The zero-order chi connectivity index (χ0) is 17.5. The van der Waals surface area contributed by atoms with E-state index in [9.17, 15) is 14.3 Å². The number of aliphatic hydroxyl groups excluding tert-OH is 1. The van der Waals surface area contributed by atoms with Gasteiger partial charge < -0.3 is 15.2 Å². The summed E-state index contributed by atoms with van der Waals surface area (Å²) < 4.78 is 18.7. The Labute approximate surface area is 140 Å². The topological polar surface area (TPSA) is 58.6 Å². The normalized spacial score (nSPS) is 11.6. The Morgan fingerprint density at radius 3 is 2.75 bits per heavy atom. The monoisotopic (exact) mass is 329 g/mol. The van der Waals surface area contributed by atoms with E-state index < -0.39 is 11.9 Å². The summed E-state index contributed by atoms with van der Waals surface area (Å²) in [6, 6.07) is 12.5. The van der Waals surface area contributed by atoms with Gasteiger partial charge in [0.15, 0.2) is 0 Å². The van der Waals surface area contributed by atoms with Crippen LogP contribution in [0.5, 0.6) is 5.75 Å². The molecule has 1 unspecified atom stereocenters. The van der Waals surface area contributed by atoms with Gasteiger partial charge in [-0.3, -0.25) is 4.79 Å². The van der Waals surface area contributed by atoms with E-state index in [1.165, 1.54) is 18.2 Å². The fourth-order valence-electron chi connectivity index (χ4n) is 2.09. The Bertz CT molecular complexity index is 730. The standard InChI is InChI=1S/C19H20FNO3/c1-13(2)12-24-17-8-4-7-16(10-17)21-19(23)11-18(22)14-5-3-6-15(20)9-14/h3-10,18,22H,1,11-12H2,2H3,(H,21,23). The van der Waals surface area contributed by atoms with Crippen molar-refractivity contribution in [2.75, 3.05) is 11.9 Å². The first-order chi connectivity index (χ1) is 11.4. The molecule has 0 radical (unpaired) electrons. The van der Waals surface area contributed by atoms with Gasteiger partial charge in [-0.2, -0.15) is 0 Å². The van der Waals surface area contributed by atoms with Crippen LogP contribution in [-0.2, 0) is 4.79 Å². The van der Waals surface area contributed by atoms with Crippen molar-refractivity contribution in [2.24, 2.45) is 0 Å². The maximum atomic E-state index is 13.2. The minimum absolute atomic E-state index is 0.166. The van der Waals surface area contributed by atoms with Crippen molar-refractivity contribution >= 4 is 11.6 Å². The number of carbonyl (C=O) groups excluding carboxylic acids is 1. The highest BCUT2D eigenvalue weighted by Gasteiger charge is 2.14. The molecule has 126 valence electrons. The average Bonchev–Trinajstić information content (AvgIpc) is 2.53. The Kier molecular flexibility index (Phi) is 6.09. The molecule has 2 aromatic rings. The number of aliphatic hydroxyl groups is 1. The van der Waals surface area contributed by atoms with Crippen molar-refractivity contribution in [3.63, 3.8) is 0 Å². The lowest BCUT2D eigenvalue weighted by molar-refractivity contribution is -0.118. The third-order valence-corrected chi connectivity index (χ3v) is 3.22. The van der Waals surface area contributed by atoms with Crippen LogP contribution in [0.15, 0.2) is 60.7 Å². The molecule has 1 atom stereocenters. The molecule has 5 heteroatoms. The largest absolute Gasteiger partial charge is 0.489 e. The van der Waals surface area contributed by atoms with E-state index in [1.807, 2.05) is 6.92 Å². The quantitative estimate of drug-likeness (QED) is 0.759. The van der Waals surface area contributed by atoms with Crippen LogP contribution in [0.2, 0.25) is 0 Å². The molecule has 0 aliphatic carbocycles. The molecule has 2 N–H and O–H groups in total. The van der Waals surface area contributed by atoms with Crippen LogP contribution < -0.4 is 10.1 Å². The zero-order valence-electron chi connectivity index (χ0n) is 13.5. The van der Waals surface area contributed by atoms with Gasteiger partial charge in [0.2, 0.25) is 5.91 Å². The van der Waals surface area contributed by atoms with Gasteiger partial charge >= 0.3 is 0 Å². The van der Waals surface area contributed by atoms with Gasteiger partial charge in [0.1, 0.15) is 18.2 Å². The summed E-state index contributed by atoms with van der Waals surface area (Å²) in [5.74, 6) is -0.209. The van der Waals surface area contributed by atoms with Crippen LogP contribution in [0, 0.1) is 5.82 Å². The smallest absolute Gasteiger partial charge is 0.227 e. The number of hydrogen-bond donors (Lipinski definition) is 2. The predicted octanol–water partition coefficient (Wildman–Crippen LogP) is 3.84. The Morgan fingerprint density at radius 2 is 2.04 bits per heavy atom. The van der Waals surface area contributed by atoms with Crippen molar-refractivity contribution in [1.82, 2.24) is 0 Å². The van der Waals surface area contributed by atoms with E-state index in [0.29, 0.717) is 23.6 Å². The number of ether oxygens (including phenoxy) is 1. The zero-order valence-corrected chi connectivity index (χ0v) is 13.5. The summed E-state index contributed by atoms with van der Waals surface area (Å²) in [5.41, 5.74) is 1.82. The van der Waals surface area contributed by atoms with Crippen molar-refractivity contribution in [2.45, 2.75) is 19.4 Å². The second kappa shape index (κ2) is 8.26. The summed E-state index contributed by atoms with van der Waals surface area (Å²) in [6.45, 7) is 6.02. The number of carbonyl (C=O) groups is 1. The molecule has 0 aliphatic heterocycles. The van der Waals surface area contributed by atoms with E-state index in [0.717, 1.165) is 5.57 Å². The van der Waals surface area contributed by atoms with E-state index in [4.69, 9.17) is 4.74 Å². The summed E-state index contributed by atoms with van der Waals surface area (Å²) in [6.07, 6.45) is -1.23. The molecule has 0 saturated carbocycles. The van der Waals surface area contributed by atoms with E-state index in [1.54, 1.807) is 30.3 Å². The van der Waals surface area contributed by atoms with E-state index >= 15 is 0 Å². The van der Waals surface area contributed by atoms with Gasteiger partial charge in [0, 0.05) is 11.8 Å². The third kappa shape index (κ3) is 5.52. The van der Waals surface area contributed by atoms with Crippen LogP contribution in [-0.4, -0.2) is 17.6 Å². The summed E-state index contributed by atoms with van der Waals surface area (Å²) in [4.78, 5) is 12.0. The minimum Gasteiger partial charge on any atom is -0.489 e. The lowest BCUT2D eigenvalue weighted by Gasteiger charge is -2.12.